The van der Waals surface area contributed by atoms with E-state index in [2.05, 4.69) is 30.7 Å². The second-order valence-corrected chi connectivity index (χ2v) is 6.77. The quantitative estimate of drug-likeness (QED) is 0.858. The highest BCUT2D eigenvalue weighted by Crippen LogP contribution is 2.28. The molecule has 0 bridgehead atoms. The summed E-state index contributed by atoms with van der Waals surface area (Å²) in [6.45, 7) is 9.80. The summed E-state index contributed by atoms with van der Waals surface area (Å²) in [5.74, 6) is 0. The Morgan fingerprint density at radius 2 is 2.31 bits per heavy atom. The maximum atomic E-state index is 5.89. The van der Waals surface area contributed by atoms with Gasteiger partial charge in [0.15, 0.2) is 0 Å². The Bertz CT molecular complexity index is 353. The summed E-state index contributed by atoms with van der Waals surface area (Å²) in [6, 6.07) is 0.363. The van der Waals surface area contributed by atoms with E-state index in [1.807, 2.05) is 17.5 Å². The zero-order valence-electron chi connectivity index (χ0n) is 10.4. The van der Waals surface area contributed by atoms with Crippen molar-refractivity contribution >= 4 is 11.3 Å². The molecule has 0 radical (unpaired) electrons. The van der Waals surface area contributed by atoms with Crippen molar-refractivity contribution in [2.24, 2.45) is 5.73 Å². The summed E-state index contributed by atoms with van der Waals surface area (Å²) in [5.41, 5.74) is 6.11. The van der Waals surface area contributed by atoms with Crippen LogP contribution in [0.1, 0.15) is 37.1 Å². The molecule has 1 aromatic rings. The Morgan fingerprint density at radius 1 is 1.56 bits per heavy atom. The van der Waals surface area contributed by atoms with Gasteiger partial charge in [-0.2, -0.15) is 0 Å². The molecule has 2 rings (SSSR count). The Hall–Kier alpha value is -0.450. The first kappa shape index (κ1) is 12.0. The van der Waals surface area contributed by atoms with E-state index in [0.717, 1.165) is 26.1 Å². The molecule has 0 aliphatic carbocycles. The molecule has 2 heterocycles. The van der Waals surface area contributed by atoms with Gasteiger partial charge in [-0.25, -0.2) is 4.98 Å². The van der Waals surface area contributed by atoms with Crippen molar-refractivity contribution in [2.45, 2.75) is 45.2 Å². The van der Waals surface area contributed by atoms with Crippen LogP contribution >= 0.6 is 11.3 Å². The van der Waals surface area contributed by atoms with E-state index in [1.165, 1.54) is 9.88 Å². The predicted octanol–water partition coefficient (Wildman–Crippen LogP) is 1.97. The molecule has 0 aromatic carbocycles. The monoisotopic (exact) mass is 239 g/mol. The molecule has 16 heavy (non-hydrogen) atoms. The van der Waals surface area contributed by atoms with Gasteiger partial charge in [-0.3, -0.25) is 4.90 Å². The van der Waals surface area contributed by atoms with Gasteiger partial charge in [0.25, 0.3) is 0 Å². The fraction of sp³-hybridized carbons (Fsp3) is 0.750. The largest absolute Gasteiger partial charge is 0.326 e. The van der Waals surface area contributed by atoms with Crippen molar-refractivity contribution in [3.05, 3.63) is 16.1 Å². The lowest BCUT2D eigenvalue weighted by molar-refractivity contribution is 0.326. The van der Waals surface area contributed by atoms with Gasteiger partial charge in [0.05, 0.1) is 6.54 Å². The van der Waals surface area contributed by atoms with Gasteiger partial charge in [0, 0.05) is 30.2 Å². The number of nitrogens with two attached hydrogens (primary N) is 1. The van der Waals surface area contributed by atoms with Gasteiger partial charge >= 0.3 is 0 Å². The average molecular weight is 239 g/mol. The number of aromatic nitrogens is 1. The molecule has 1 saturated heterocycles. The van der Waals surface area contributed by atoms with E-state index in [-0.39, 0.29) is 5.41 Å². The Kier molecular flexibility index (Phi) is 3.33. The molecular weight excluding hydrogens is 218 g/mol. The molecule has 1 unspecified atom stereocenters. The highest BCUT2D eigenvalue weighted by molar-refractivity contribution is 7.11. The zero-order valence-corrected chi connectivity index (χ0v) is 11.2. The molecule has 0 amide bonds. The lowest BCUT2D eigenvalue weighted by Crippen LogP contribution is -2.26. The number of hydrogen-bond donors (Lipinski definition) is 1. The first-order valence-corrected chi connectivity index (χ1v) is 6.70. The number of likely N-dealkylation sites (tertiary alicyclic amines) is 1. The molecule has 1 atom stereocenters. The lowest BCUT2D eigenvalue weighted by atomic mass is 9.96. The molecule has 0 spiro atoms. The molecule has 1 aromatic heterocycles. The smallest absolute Gasteiger partial charge is 0.107 e. The fourth-order valence-corrected chi connectivity index (χ4v) is 2.95. The third-order valence-electron chi connectivity index (χ3n) is 2.96. The second-order valence-electron chi connectivity index (χ2n) is 5.65. The van der Waals surface area contributed by atoms with Gasteiger partial charge in [0.1, 0.15) is 5.01 Å². The van der Waals surface area contributed by atoms with Crippen molar-refractivity contribution in [2.75, 3.05) is 13.1 Å². The van der Waals surface area contributed by atoms with Crippen LogP contribution in [0, 0.1) is 0 Å². The average Bonchev–Trinajstić information content (AvgIpc) is 2.74. The third-order valence-corrected chi connectivity index (χ3v) is 4.37. The first-order valence-electron chi connectivity index (χ1n) is 5.88. The van der Waals surface area contributed by atoms with Crippen LogP contribution in [0.2, 0.25) is 0 Å². The SMILES string of the molecule is CC(C)(C)c1cnc(CN2CCC(N)C2)s1. The molecule has 1 aliphatic rings. The fourth-order valence-electron chi connectivity index (χ4n) is 1.93. The molecule has 0 saturated carbocycles. The highest BCUT2D eigenvalue weighted by atomic mass is 32.1. The standard InChI is InChI=1S/C12H21N3S/c1-12(2,3)10-6-14-11(16-10)8-15-5-4-9(13)7-15/h6,9H,4-5,7-8,13H2,1-3H3. The summed E-state index contributed by atoms with van der Waals surface area (Å²) in [5, 5.41) is 1.22. The summed E-state index contributed by atoms with van der Waals surface area (Å²) in [6.07, 6.45) is 3.15. The van der Waals surface area contributed by atoms with E-state index in [9.17, 15) is 0 Å². The van der Waals surface area contributed by atoms with Crippen LogP contribution in [-0.2, 0) is 12.0 Å². The van der Waals surface area contributed by atoms with E-state index in [0.29, 0.717) is 6.04 Å². The molecular formula is C12H21N3S. The van der Waals surface area contributed by atoms with E-state index < -0.39 is 0 Å². The van der Waals surface area contributed by atoms with Crippen molar-refractivity contribution in [3.8, 4) is 0 Å². The predicted molar refractivity (Wildman–Crippen MR) is 68.7 cm³/mol. The molecule has 1 aliphatic heterocycles. The second kappa shape index (κ2) is 4.43. The minimum absolute atomic E-state index is 0.220. The zero-order chi connectivity index (χ0) is 11.8. The maximum absolute atomic E-state index is 5.89. The van der Waals surface area contributed by atoms with Crippen LogP contribution in [0.25, 0.3) is 0 Å². The topological polar surface area (TPSA) is 42.2 Å². The van der Waals surface area contributed by atoms with Gasteiger partial charge < -0.3 is 5.73 Å². The molecule has 2 N–H and O–H groups in total. The molecule has 4 heteroatoms. The maximum Gasteiger partial charge on any atom is 0.107 e. The summed E-state index contributed by atoms with van der Waals surface area (Å²) in [7, 11) is 0. The van der Waals surface area contributed by atoms with Crippen LogP contribution in [0.5, 0.6) is 0 Å². The van der Waals surface area contributed by atoms with Gasteiger partial charge in [-0.1, -0.05) is 20.8 Å². The Balaban J connectivity index is 1.98. The number of nitrogens with zero attached hydrogens (tertiary/aromatic N) is 2. The molecule has 90 valence electrons. The Morgan fingerprint density at radius 3 is 2.81 bits per heavy atom. The van der Waals surface area contributed by atoms with E-state index >= 15 is 0 Å². The number of hydrogen-bond acceptors (Lipinski definition) is 4. The lowest BCUT2D eigenvalue weighted by Gasteiger charge is -2.15. The number of rotatable bonds is 2. The third kappa shape index (κ3) is 2.81. The van der Waals surface area contributed by atoms with Crippen molar-refractivity contribution in [1.29, 1.82) is 0 Å². The highest BCUT2D eigenvalue weighted by Gasteiger charge is 2.21. The van der Waals surface area contributed by atoms with Gasteiger partial charge in [-0.15, -0.1) is 11.3 Å². The molecule has 3 nitrogen and oxygen atoms in total. The van der Waals surface area contributed by atoms with E-state index in [4.69, 9.17) is 5.73 Å². The van der Waals surface area contributed by atoms with Gasteiger partial charge in [-0.05, 0) is 11.8 Å². The van der Waals surface area contributed by atoms with Crippen molar-refractivity contribution in [3.63, 3.8) is 0 Å². The minimum Gasteiger partial charge on any atom is -0.326 e. The van der Waals surface area contributed by atoms with E-state index in [1.54, 1.807) is 0 Å². The number of thiazole rings is 1. The molecule has 1 fully saturated rings. The first-order chi connectivity index (χ1) is 7.45. The summed E-state index contributed by atoms with van der Waals surface area (Å²) in [4.78, 5) is 8.27. The van der Waals surface area contributed by atoms with Gasteiger partial charge in [0.2, 0.25) is 0 Å². The normalized spacial score (nSPS) is 22.9. The van der Waals surface area contributed by atoms with Crippen LogP contribution < -0.4 is 5.73 Å². The minimum atomic E-state index is 0.220. The Labute approximate surface area is 102 Å². The van der Waals surface area contributed by atoms with Crippen LogP contribution in [0.15, 0.2) is 6.20 Å². The van der Waals surface area contributed by atoms with Crippen LogP contribution in [0.3, 0.4) is 0 Å². The van der Waals surface area contributed by atoms with Crippen LogP contribution in [0.4, 0.5) is 0 Å². The van der Waals surface area contributed by atoms with Crippen molar-refractivity contribution in [1.82, 2.24) is 9.88 Å². The van der Waals surface area contributed by atoms with Crippen molar-refractivity contribution < 1.29 is 0 Å². The van der Waals surface area contributed by atoms with Crippen LogP contribution in [-0.4, -0.2) is 29.0 Å². The summed E-state index contributed by atoms with van der Waals surface area (Å²) < 4.78 is 0. The summed E-state index contributed by atoms with van der Waals surface area (Å²) >= 11 is 1.83.